The highest BCUT2D eigenvalue weighted by atomic mass is 16.6. The van der Waals surface area contributed by atoms with Crippen LogP contribution >= 0.6 is 0 Å². The molecule has 0 fully saturated rings. The monoisotopic (exact) mass is 232 g/mol. The zero-order chi connectivity index (χ0) is 12.4. The molecule has 0 saturated carbocycles. The van der Waals surface area contributed by atoms with Crippen molar-refractivity contribution in [3.63, 3.8) is 0 Å². The number of nitro groups is 1. The third-order valence-electron chi connectivity index (χ3n) is 2.70. The molecule has 0 unspecified atom stereocenters. The minimum Gasteiger partial charge on any atom is -0.347 e. The molecular weight excluding hydrogens is 220 g/mol. The first kappa shape index (κ1) is 11.3. The van der Waals surface area contributed by atoms with E-state index in [1.807, 2.05) is 11.5 Å². The second kappa shape index (κ2) is 4.37. The molecule has 0 spiro atoms. The fourth-order valence-electron chi connectivity index (χ4n) is 1.95. The van der Waals surface area contributed by atoms with Crippen molar-refractivity contribution in [1.82, 2.24) is 4.57 Å². The number of aldehydes is 1. The van der Waals surface area contributed by atoms with Gasteiger partial charge in [-0.05, 0) is 12.5 Å². The second-order valence-corrected chi connectivity index (χ2v) is 3.85. The van der Waals surface area contributed by atoms with Crippen LogP contribution in [0.15, 0.2) is 24.4 Å². The van der Waals surface area contributed by atoms with Gasteiger partial charge < -0.3 is 4.57 Å². The van der Waals surface area contributed by atoms with E-state index in [0.717, 1.165) is 24.8 Å². The molecule has 0 aliphatic heterocycles. The van der Waals surface area contributed by atoms with E-state index < -0.39 is 4.92 Å². The van der Waals surface area contributed by atoms with Gasteiger partial charge in [-0.25, -0.2) is 0 Å². The fraction of sp³-hybridized carbons (Fsp3) is 0.250. The van der Waals surface area contributed by atoms with Gasteiger partial charge in [-0.2, -0.15) is 0 Å². The molecule has 5 nitrogen and oxygen atoms in total. The molecule has 0 atom stereocenters. The summed E-state index contributed by atoms with van der Waals surface area (Å²) in [6.07, 6.45) is 3.42. The molecule has 0 amide bonds. The highest BCUT2D eigenvalue weighted by Gasteiger charge is 2.12. The largest absolute Gasteiger partial charge is 0.347 e. The average Bonchev–Trinajstić information content (AvgIpc) is 2.67. The Bertz CT molecular complexity index is 587. The number of carbonyl (C=O) groups excluding carboxylic acids is 1. The lowest BCUT2D eigenvalue weighted by atomic mass is 10.2. The average molecular weight is 232 g/mol. The first-order valence-corrected chi connectivity index (χ1v) is 5.39. The van der Waals surface area contributed by atoms with Gasteiger partial charge in [0.1, 0.15) is 0 Å². The lowest BCUT2D eigenvalue weighted by Gasteiger charge is -2.01. The molecule has 2 aromatic rings. The van der Waals surface area contributed by atoms with Gasteiger partial charge >= 0.3 is 0 Å². The van der Waals surface area contributed by atoms with Crippen molar-refractivity contribution < 1.29 is 9.72 Å². The van der Waals surface area contributed by atoms with E-state index in [-0.39, 0.29) is 5.69 Å². The van der Waals surface area contributed by atoms with Crippen LogP contribution in [0.5, 0.6) is 0 Å². The highest BCUT2D eigenvalue weighted by molar-refractivity contribution is 5.98. The van der Waals surface area contributed by atoms with Gasteiger partial charge in [0.25, 0.3) is 5.69 Å². The number of aryl methyl sites for hydroxylation is 1. The number of nitro benzene ring substituents is 1. The van der Waals surface area contributed by atoms with Crippen LogP contribution < -0.4 is 0 Å². The molecule has 1 aromatic heterocycles. The van der Waals surface area contributed by atoms with Crippen LogP contribution in [0.3, 0.4) is 0 Å². The summed E-state index contributed by atoms with van der Waals surface area (Å²) in [5, 5.41) is 11.3. The van der Waals surface area contributed by atoms with E-state index in [9.17, 15) is 14.9 Å². The summed E-state index contributed by atoms with van der Waals surface area (Å²) in [4.78, 5) is 21.2. The third kappa shape index (κ3) is 1.91. The van der Waals surface area contributed by atoms with Crippen molar-refractivity contribution in [3.05, 3.63) is 40.1 Å². The van der Waals surface area contributed by atoms with Gasteiger partial charge in [-0.15, -0.1) is 0 Å². The molecule has 1 aromatic carbocycles. The van der Waals surface area contributed by atoms with Crippen LogP contribution in [0, 0.1) is 10.1 Å². The SMILES string of the molecule is CCCn1cc(C=O)c2cc([N+](=O)[O-])ccc21. The lowest BCUT2D eigenvalue weighted by Crippen LogP contribution is -1.94. The van der Waals surface area contributed by atoms with Gasteiger partial charge in [0.2, 0.25) is 0 Å². The number of aromatic nitrogens is 1. The molecule has 17 heavy (non-hydrogen) atoms. The van der Waals surface area contributed by atoms with Crippen molar-refractivity contribution in [2.45, 2.75) is 19.9 Å². The number of non-ortho nitro benzene ring substituents is 1. The summed E-state index contributed by atoms with van der Waals surface area (Å²) in [5.41, 5.74) is 1.37. The predicted molar refractivity (Wildman–Crippen MR) is 64.3 cm³/mol. The number of rotatable bonds is 4. The number of fused-ring (bicyclic) bond motifs is 1. The molecule has 0 aliphatic rings. The zero-order valence-electron chi connectivity index (χ0n) is 9.42. The van der Waals surface area contributed by atoms with E-state index in [1.165, 1.54) is 12.1 Å². The minimum atomic E-state index is -0.453. The van der Waals surface area contributed by atoms with E-state index in [2.05, 4.69) is 0 Å². The van der Waals surface area contributed by atoms with Crippen LogP contribution in [0.4, 0.5) is 5.69 Å². The molecule has 2 rings (SSSR count). The molecule has 0 radical (unpaired) electrons. The van der Waals surface area contributed by atoms with Crippen molar-refractivity contribution >= 4 is 22.9 Å². The fourth-order valence-corrected chi connectivity index (χ4v) is 1.95. The molecule has 0 aliphatic carbocycles. The summed E-state index contributed by atoms with van der Waals surface area (Å²) in [7, 11) is 0. The van der Waals surface area contributed by atoms with Gasteiger partial charge in [-0.3, -0.25) is 14.9 Å². The minimum absolute atomic E-state index is 0.00912. The van der Waals surface area contributed by atoms with Crippen molar-refractivity contribution in [2.75, 3.05) is 0 Å². The van der Waals surface area contributed by atoms with Gasteiger partial charge in [0, 0.05) is 41.3 Å². The van der Waals surface area contributed by atoms with E-state index in [1.54, 1.807) is 12.3 Å². The van der Waals surface area contributed by atoms with Crippen LogP contribution in [0.25, 0.3) is 10.9 Å². The summed E-state index contributed by atoms with van der Waals surface area (Å²) in [5.74, 6) is 0. The van der Waals surface area contributed by atoms with Crippen LogP contribution in [-0.4, -0.2) is 15.8 Å². The Balaban J connectivity index is 2.67. The molecule has 88 valence electrons. The van der Waals surface area contributed by atoms with Crippen LogP contribution in [0.1, 0.15) is 23.7 Å². The number of nitrogens with zero attached hydrogens (tertiary/aromatic N) is 2. The summed E-state index contributed by atoms with van der Waals surface area (Å²) in [6.45, 7) is 2.83. The summed E-state index contributed by atoms with van der Waals surface area (Å²) >= 11 is 0. The standard InChI is InChI=1S/C12H12N2O3/c1-2-5-13-7-9(8-15)11-6-10(14(16)17)3-4-12(11)13/h3-4,6-8H,2,5H2,1H3. The smallest absolute Gasteiger partial charge is 0.270 e. The predicted octanol–water partition coefficient (Wildman–Crippen LogP) is 2.77. The summed E-state index contributed by atoms with van der Waals surface area (Å²) < 4.78 is 1.95. The van der Waals surface area contributed by atoms with Crippen LogP contribution in [0.2, 0.25) is 0 Å². The maximum atomic E-state index is 10.9. The Hall–Kier alpha value is -2.17. The van der Waals surface area contributed by atoms with Gasteiger partial charge in [-0.1, -0.05) is 6.92 Å². The topological polar surface area (TPSA) is 65.1 Å². The van der Waals surface area contributed by atoms with Crippen molar-refractivity contribution in [3.8, 4) is 0 Å². The van der Waals surface area contributed by atoms with Crippen LogP contribution in [-0.2, 0) is 6.54 Å². The molecule has 0 N–H and O–H groups in total. The Morgan fingerprint density at radius 2 is 2.24 bits per heavy atom. The molecule has 0 saturated heterocycles. The number of hydrogen-bond acceptors (Lipinski definition) is 3. The highest BCUT2D eigenvalue weighted by Crippen LogP contribution is 2.25. The lowest BCUT2D eigenvalue weighted by molar-refractivity contribution is -0.384. The van der Waals surface area contributed by atoms with E-state index >= 15 is 0 Å². The Kier molecular flexibility index (Phi) is 2.91. The normalized spacial score (nSPS) is 10.6. The Morgan fingerprint density at radius 1 is 1.47 bits per heavy atom. The molecular formula is C12H12N2O3. The van der Waals surface area contributed by atoms with E-state index in [4.69, 9.17) is 0 Å². The maximum absolute atomic E-state index is 10.9. The van der Waals surface area contributed by atoms with Gasteiger partial charge in [0.15, 0.2) is 6.29 Å². The first-order chi connectivity index (χ1) is 8.17. The summed E-state index contributed by atoms with van der Waals surface area (Å²) in [6, 6.07) is 4.60. The number of carbonyl (C=O) groups is 1. The zero-order valence-corrected chi connectivity index (χ0v) is 9.42. The first-order valence-electron chi connectivity index (χ1n) is 5.39. The number of hydrogen-bond donors (Lipinski definition) is 0. The number of benzene rings is 1. The molecule has 0 bridgehead atoms. The van der Waals surface area contributed by atoms with Crippen molar-refractivity contribution in [1.29, 1.82) is 0 Å². The van der Waals surface area contributed by atoms with E-state index in [0.29, 0.717) is 10.9 Å². The maximum Gasteiger partial charge on any atom is 0.270 e. The second-order valence-electron chi connectivity index (χ2n) is 3.85. The van der Waals surface area contributed by atoms with Crippen molar-refractivity contribution in [2.24, 2.45) is 0 Å². The Morgan fingerprint density at radius 3 is 2.82 bits per heavy atom. The molecule has 1 heterocycles. The quantitative estimate of drug-likeness (QED) is 0.462. The Labute approximate surface area is 97.8 Å². The third-order valence-corrected chi connectivity index (χ3v) is 2.70. The van der Waals surface area contributed by atoms with Gasteiger partial charge in [0.05, 0.1) is 4.92 Å². The molecule has 5 heteroatoms.